The summed E-state index contributed by atoms with van der Waals surface area (Å²) in [4.78, 5) is 25.7. The van der Waals surface area contributed by atoms with Crippen molar-refractivity contribution in [1.29, 1.82) is 0 Å². The average Bonchev–Trinajstić information content (AvgIpc) is 3.01. The van der Waals surface area contributed by atoms with Crippen LogP contribution in [-0.2, 0) is 9.59 Å². The number of anilines is 1. The zero-order chi connectivity index (χ0) is 22.5. The Kier molecular flexibility index (Phi) is 7.29. The van der Waals surface area contributed by atoms with Crippen LogP contribution in [0.1, 0.15) is 25.8 Å². The molecule has 0 bridgehead atoms. The first-order chi connectivity index (χ1) is 14.8. The maximum Gasteiger partial charge on any atom is 0.344 e. The van der Waals surface area contributed by atoms with Crippen LogP contribution in [-0.4, -0.2) is 34.0 Å². The number of halogens is 1. The molecule has 0 aromatic heterocycles. The molecule has 1 unspecified atom stereocenters. The van der Waals surface area contributed by atoms with E-state index < -0.39 is 23.8 Å². The fraction of sp³-hybridized carbons (Fsp3) is 0.227. The van der Waals surface area contributed by atoms with E-state index in [0.717, 1.165) is 11.8 Å². The molecular formula is C22H20FNO5S2. The highest BCUT2D eigenvalue weighted by Crippen LogP contribution is 2.38. The van der Waals surface area contributed by atoms with Crippen molar-refractivity contribution in [3.63, 3.8) is 0 Å². The summed E-state index contributed by atoms with van der Waals surface area (Å²) in [5.41, 5.74) is 0.736. The fourth-order valence-corrected chi connectivity index (χ4v) is 4.19. The van der Waals surface area contributed by atoms with Crippen LogP contribution in [0.25, 0.3) is 6.08 Å². The Bertz CT molecular complexity index is 1060. The molecule has 1 heterocycles. The van der Waals surface area contributed by atoms with Gasteiger partial charge in [0.05, 0.1) is 17.2 Å². The third-order valence-corrected chi connectivity index (χ3v) is 5.67. The third kappa shape index (κ3) is 5.05. The quantitative estimate of drug-likeness (QED) is 0.444. The second kappa shape index (κ2) is 9.93. The number of ether oxygens (including phenoxy) is 2. The number of rotatable bonds is 8. The second-order valence-electron chi connectivity index (χ2n) is 6.46. The van der Waals surface area contributed by atoms with Crippen molar-refractivity contribution >= 4 is 51.9 Å². The number of carbonyl (C=O) groups is 2. The standard InChI is InChI=1S/C22H20FNO5S2/c1-3-16(21(26)27)29-17-10-9-13(11-18(17)28-4-2)12-19-20(25)24(22(30)31-19)15-8-6-5-7-14(15)23/h5-12,16H,3-4H2,1-2H3,(H,26,27)/b19-12+. The van der Waals surface area contributed by atoms with Gasteiger partial charge in [-0.15, -0.1) is 0 Å². The molecule has 9 heteroatoms. The summed E-state index contributed by atoms with van der Waals surface area (Å²) in [5, 5.41) is 9.23. The predicted molar refractivity (Wildman–Crippen MR) is 122 cm³/mol. The molecule has 162 valence electrons. The Morgan fingerprint density at radius 1 is 1.26 bits per heavy atom. The van der Waals surface area contributed by atoms with Crippen LogP contribution < -0.4 is 14.4 Å². The highest BCUT2D eigenvalue weighted by Gasteiger charge is 2.34. The predicted octanol–water partition coefficient (Wildman–Crippen LogP) is 4.87. The van der Waals surface area contributed by atoms with E-state index >= 15 is 0 Å². The van der Waals surface area contributed by atoms with E-state index in [4.69, 9.17) is 21.7 Å². The number of carbonyl (C=O) groups excluding carboxylic acids is 1. The van der Waals surface area contributed by atoms with E-state index in [-0.39, 0.29) is 10.0 Å². The molecule has 1 atom stereocenters. The molecule has 1 aliphatic heterocycles. The summed E-state index contributed by atoms with van der Waals surface area (Å²) in [6, 6.07) is 10.9. The first-order valence-electron chi connectivity index (χ1n) is 9.54. The monoisotopic (exact) mass is 461 g/mol. The molecule has 1 fully saturated rings. The van der Waals surface area contributed by atoms with Gasteiger partial charge >= 0.3 is 5.97 Å². The first kappa shape index (κ1) is 22.8. The molecular weight excluding hydrogens is 441 g/mol. The average molecular weight is 462 g/mol. The van der Waals surface area contributed by atoms with Crippen LogP contribution >= 0.6 is 24.0 Å². The van der Waals surface area contributed by atoms with Crippen molar-refractivity contribution in [3.05, 3.63) is 58.8 Å². The van der Waals surface area contributed by atoms with Gasteiger partial charge in [-0.25, -0.2) is 9.18 Å². The van der Waals surface area contributed by atoms with Crippen LogP contribution in [0.3, 0.4) is 0 Å². The van der Waals surface area contributed by atoms with Crippen LogP contribution in [0, 0.1) is 5.82 Å². The lowest BCUT2D eigenvalue weighted by atomic mass is 10.1. The molecule has 1 saturated heterocycles. The van der Waals surface area contributed by atoms with Crippen LogP contribution in [0.15, 0.2) is 47.4 Å². The number of nitrogens with zero attached hydrogens (tertiary/aromatic N) is 1. The highest BCUT2D eigenvalue weighted by atomic mass is 32.2. The lowest BCUT2D eigenvalue weighted by Gasteiger charge is -2.17. The zero-order valence-corrected chi connectivity index (χ0v) is 18.5. The maximum absolute atomic E-state index is 14.2. The van der Waals surface area contributed by atoms with Gasteiger partial charge in [0.2, 0.25) is 0 Å². The normalized spacial score (nSPS) is 16.0. The van der Waals surface area contributed by atoms with Crippen molar-refractivity contribution in [2.75, 3.05) is 11.5 Å². The number of aliphatic carboxylic acids is 1. The number of benzene rings is 2. The summed E-state index contributed by atoms with van der Waals surface area (Å²) >= 11 is 6.36. The number of thioether (sulfide) groups is 1. The zero-order valence-electron chi connectivity index (χ0n) is 16.8. The number of carboxylic acids is 1. The highest BCUT2D eigenvalue weighted by molar-refractivity contribution is 8.27. The topological polar surface area (TPSA) is 76.1 Å². The Morgan fingerprint density at radius 3 is 2.65 bits per heavy atom. The molecule has 0 saturated carbocycles. The summed E-state index contributed by atoms with van der Waals surface area (Å²) in [6.45, 7) is 3.86. The molecule has 3 rings (SSSR count). The number of amides is 1. The Morgan fingerprint density at radius 2 is 2.00 bits per heavy atom. The maximum atomic E-state index is 14.2. The smallest absolute Gasteiger partial charge is 0.344 e. The first-order valence-corrected chi connectivity index (χ1v) is 10.8. The molecule has 31 heavy (non-hydrogen) atoms. The number of thiocarbonyl (C=S) groups is 1. The SMILES string of the molecule is CCOc1cc(/C=C2/SC(=S)N(c3ccccc3F)C2=O)ccc1OC(CC)C(=O)O. The number of carboxylic acid groups (broad SMARTS) is 1. The van der Waals surface area contributed by atoms with E-state index in [1.165, 1.54) is 17.0 Å². The summed E-state index contributed by atoms with van der Waals surface area (Å²) in [5.74, 6) is -1.36. The van der Waals surface area contributed by atoms with Gasteiger partial charge in [0.15, 0.2) is 21.9 Å². The van der Waals surface area contributed by atoms with E-state index in [1.54, 1.807) is 50.3 Å². The Labute approximate surface area is 188 Å². The van der Waals surface area contributed by atoms with Gasteiger partial charge in [0.1, 0.15) is 5.82 Å². The molecule has 1 aliphatic rings. The molecule has 2 aromatic carbocycles. The van der Waals surface area contributed by atoms with Crippen molar-refractivity contribution in [2.45, 2.75) is 26.4 Å². The van der Waals surface area contributed by atoms with Gasteiger partial charge in [0.25, 0.3) is 5.91 Å². The van der Waals surface area contributed by atoms with Crippen molar-refractivity contribution in [2.24, 2.45) is 0 Å². The largest absolute Gasteiger partial charge is 0.490 e. The molecule has 0 aliphatic carbocycles. The minimum Gasteiger partial charge on any atom is -0.490 e. The Hall–Kier alpha value is -2.91. The van der Waals surface area contributed by atoms with E-state index in [0.29, 0.717) is 35.0 Å². The minimum atomic E-state index is -1.06. The van der Waals surface area contributed by atoms with E-state index in [9.17, 15) is 19.1 Å². The molecule has 1 amide bonds. The number of para-hydroxylation sites is 1. The molecule has 1 N–H and O–H groups in total. The van der Waals surface area contributed by atoms with Gasteiger partial charge in [-0.1, -0.05) is 49.1 Å². The van der Waals surface area contributed by atoms with E-state index in [2.05, 4.69) is 0 Å². The van der Waals surface area contributed by atoms with Crippen LogP contribution in [0.2, 0.25) is 0 Å². The van der Waals surface area contributed by atoms with Gasteiger partial charge in [-0.05, 0) is 49.2 Å². The van der Waals surface area contributed by atoms with Crippen molar-refractivity contribution in [3.8, 4) is 11.5 Å². The van der Waals surface area contributed by atoms with Crippen molar-refractivity contribution < 1.29 is 28.6 Å². The van der Waals surface area contributed by atoms with Gasteiger partial charge in [-0.3, -0.25) is 9.69 Å². The molecule has 0 spiro atoms. The van der Waals surface area contributed by atoms with Crippen molar-refractivity contribution in [1.82, 2.24) is 0 Å². The lowest BCUT2D eigenvalue weighted by molar-refractivity contribution is -0.145. The van der Waals surface area contributed by atoms with Gasteiger partial charge in [0, 0.05) is 0 Å². The van der Waals surface area contributed by atoms with E-state index in [1.807, 2.05) is 0 Å². The third-order valence-electron chi connectivity index (χ3n) is 4.37. The lowest BCUT2D eigenvalue weighted by Crippen LogP contribution is -2.28. The fourth-order valence-electron chi connectivity index (χ4n) is 2.90. The second-order valence-corrected chi connectivity index (χ2v) is 8.14. The Balaban J connectivity index is 1.90. The number of hydrogen-bond acceptors (Lipinski definition) is 6. The van der Waals surface area contributed by atoms with Crippen LogP contribution in [0.4, 0.5) is 10.1 Å². The molecule has 2 aromatic rings. The summed E-state index contributed by atoms with van der Waals surface area (Å²) in [6.07, 6.45) is 0.921. The van der Waals surface area contributed by atoms with Gasteiger partial charge in [-0.2, -0.15) is 0 Å². The summed E-state index contributed by atoms with van der Waals surface area (Å²) in [7, 11) is 0. The molecule has 6 nitrogen and oxygen atoms in total. The van der Waals surface area contributed by atoms with Gasteiger partial charge < -0.3 is 14.6 Å². The van der Waals surface area contributed by atoms with Crippen LogP contribution in [0.5, 0.6) is 11.5 Å². The minimum absolute atomic E-state index is 0.103. The number of hydrogen-bond donors (Lipinski definition) is 1. The molecule has 0 radical (unpaired) electrons. The summed E-state index contributed by atoms with van der Waals surface area (Å²) < 4.78 is 25.6.